The summed E-state index contributed by atoms with van der Waals surface area (Å²) in [6.07, 6.45) is 1.80. The van der Waals surface area contributed by atoms with Crippen molar-refractivity contribution in [1.82, 2.24) is 9.88 Å². The molecule has 0 aliphatic carbocycles. The van der Waals surface area contributed by atoms with Gasteiger partial charge in [0, 0.05) is 38.9 Å². The number of hydrogen-bond donors (Lipinski definition) is 0. The van der Waals surface area contributed by atoms with Gasteiger partial charge in [0.15, 0.2) is 0 Å². The molecule has 4 heteroatoms. The van der Waals surface area contributed by atoms with Crippen LogP contribution in [0.1, 0.15) is 5.56 Å². The monoisotopic (exact) mass is 287 g/mol. The van der Waals surface area contributed by atoms with Crippen molar-refractivity contribution in [2.75, 3.05) is 31.1 Å². The van der Waals surface area contributed by atoms with Gasteiger partial charge in [-0.3, -0.25) is 4.90 Å². The smallest absolute Gasteiger partial charge is 0.147 e. The summed E-state index contributed by atoms with van der Waals surface area (Å²) in [7, 11) is 0. The van der Waals surface area contributed by atoms with E-state index in [0.29, 0.717) is 0 Å². The molecule has 1 aromatic carbocycles. The largest absolute Gasteiger partial charge is 0.353 e. The Balaban J connectivity index is 1.59. The van der Waals surface area contributed by atoms with Crippen LogP contribution in [-0.2, 0) is 6.54 Å². The minimum absolute atomic E-state index is 0.740. The number of benzene rings is 1. The van der Waals surface area contributed by atoms with E-state index in [0.717, 1.165) is 43.6 Å². The highest BCUT2D eigenvalue weighted by Crippen LogP contribution is 2.23. The second kappa shape index (κ2) is 6.25. The van der Waals surface area contributed by atoms with E-state index in [1.807, 2.05) is 12.1 Å². The quantitative estimate of drug-likeness (QED) is 0.865. The Hall–Kier alpha value is -1.58. The lowest BCUT2D eigenvalue weighted by atomic mass is 10.2. The van der Waals surface area contributed by atoms with Gasteiger partial charge in [-0.05, 0) is 17.7 Å². The lowest BCUT2D eigenvalue weighted by Crippen LogP contribution is -2.46. The van der Waals surface area contributed by atoms with E-state index in [2.05, 4.69) is 45.1 Å². The van der Waals surface area contributed by atoms with Crippen molar-refractivity contribution < 1.29 is 0 Å². The predicted octanol–water partition coefficient (Wildman–Crippen LogP) is 3.06. The molecule has 1 saturated heterocycles. The van der Waals surface area contributed by atoms with E-state index >= 15 is 0 Å². The van der Waals surface area contributed by atoms with E-state index in [9.17, 15) is 0 Å². The van der Waals surface area contributed by atoms with Crippen molar-refractivity contribution in [3.8, 4) is 0 Å². The zero-order chi connectivity index (χ0) is 13.8. The molecule has 3 nitrogen and oxygen atoms in total. The number of nitrogens with zero attached hydrogens (tertiary/aromatic N) is 3. The fraction of sp³-hybridized carbons (Fsp3) is 0.312. The molecule has 1 aromatic heterocycles. The first-order chi connectivity index (χ1) is 9.83. The van der Waals surface area contributed by atoms with Crippen LogP contribution in [-0.4, -0.2) is 36.1 Å². The molecule has 1 aliphatic rings. The van der Waals surface area contributed by atoms with Crippen molar-refractivity contribution >= 4 is 17.4 Å². The first kappa shape index (κ1) is 13.4. The Morgan fingerprint density at radius 3 is 2.40 bits per heavy atom. The maximum Gasteiger partial charge on any atom is 0.147 e. The van der Waals surface area contributed by atoms with Crippen LogP contribution in [0.25, 0.3) is 0 Å². The molecule has 2 aromatic rings. The summed E-state index contributed by atoms with van der Waals surface area (Å²) in [5.41, 5.74) is 1.37. The average Bonchev–Trinajstić information content (AvgIpc) is 2.50. The SMILES string of the molecule is Clc1cccnc1N1CCN(Cc2ccccc2)CC1. The van der Waals surface area contributed by atoms with Crippen LogP contribution in [0, 0.1) is 0 Å². The van der Waals surface area contributed by atoms with E-state index in [1.54, 1.807) is 6.20 Å². The standard InChI is InChI=1S/C16H18ClN3/c17-15-7-4-8-18-16(15)20-11-9-19(10-12-20)13-14-5-2-1-3-6-14/h1-8H,9-13H2. The zero-order valence-electron chi connectivity index (χ0n) is 11.4. The number of rotatable bonds is 3. The minimum Gasteiger partial charge on any atom is -0.353 e. The van der Waals surface area contributed by atoms with Gasteiger partial charge in [0.05, 0.1) is 5.02 Å². The molecule has 1 aliphatic heterocycles. The highest BCUT2D eigenvalue weighted by atomic mass is 35.5. The van der Waals surface area contributed by atoms with Crippen LogP contribution in [0.4, 0.5) is 5.82 Å². The van der Waals surface area contributed by atoms with Gasteiger partial charge >= 0.3 is 0 Å². The van der Waals surface area contributed by atoms with Gasteiger partial charge in [-0.15, -0.1) is 0 Å². The first-order valence-corrected chi connectivity index (χ1v) is 7.32. The molecule has 0 radical (unpaired) electrons. The zero-order valence-corrected chi connectivity index (χ0v) is 12.1. The van der Waals surface area contributed by atoms with Gasteiger partial charge in [0.25, 0.3) is 0 Å². The number of piperazine rings is 1. The molecule has 104 valence electrons. The second-order valence-corrected chi connectivity index (χ2v) is 5.46. The molecule has 0 bridgehead atoms. The average molecular weight is 288 g/mol. The summed E-state index contributed by atoms with van der Waals surface area (Å²) in [4.78, 5) is 9.13. The fourth-order valence-electron chi connectivity index (χ4n) is 2.57. The first-order valence-electron chi connectivity index (χ1n) is 6.95. The molecule has 2 heterocycles. The minimum atomic E-state index is 0.740. The summed E-state index contributed by atoms with van der Waals surface area (Å²) in [5.74, 6) is 0.911. The summed E-state index contributed by atoms with van der Waals surface area (Å²) in [6, 6.07) is 14.4. The highest BCUT2D eigenvalue weighted by molar-refractivity contribution is 6.32. The molecule has 3 rings (SSSR count). The van der Waals surface area contributed by atoms with Gasteiger partial charge in [-0.2, -0.15) is 0 Å². The predicted molar refractivity (Wildman–Crippen MR) is 83.2 cm³/mol. The Labute approximate surface area is 124 Å². The molecule has 0 unspecified atom stereocenters. The molecular weight excluding hydrogens is 270 g/mol. The van der Waals surface area contributed by atoms with E-state index in [1.165, 1.54) is 5.56 Å². The third-order valence-electron chi connectivity index (χ3n) is 3.66. The van der Waals surface area contributed by atoms with E-state index in [4.69, 9.17) is 11.6 Å². The lowest BCUT2D eigenvalue weighted by Gasteiger charge is -2.35. The summed E-state index contributed by atoms with van der Waals surface area (Å²) >= 11 is 6.21. The van der Waals surface area contributed by atoms with Crippen LogP contribution in [0.5, 0.6) is 0 Å². The van der Waals surface area contributed by atoms with Crippen LogP contribution in [0.2, 0.25) is 5.02 Å². The number of pyridine rings is 1. The summed E-state index contributed by atoms with van der Waals surface area (Å²) < 4.78 is 0. The van der Waals surface area contributed by atoms with Gasteiger partial charge < -0.3 is 4.90 Å². The van der Waals surface area contributed by atoms with E-state index in [-0.39, 0.29) is 0 Å². The van der Waals surface area contributed by atoms with Crippen molar-refractivity contribution in [3.05, 3.63) is 59.2 Å². The molecule has 0 spiro atoms. The third kappa shape index (κ3) is 3.11. The van der Waals surface area contributed by atoms with Crippen molar-refractivity contribution in [3.63, 3.8) is 0 Å². The summed E-state index contributed by atoms with van der Waals surface area (Å²) in [6.45, 7) is 5.06. The molecule has 0 atom stereocenters. The molecule has 0 saturated carbocycles. The van der Waals surface area contributed by atoms with Gasteiger partial charge in [0.2, 0.25) is 0 Å². The third-order valence-corrected chi connectivity index (χ3v) is 3.95. The maximum atomic E-state index is 6.21. The summed E-state index contributed by atoms with van der Waals surface area (Å²) in [5, 5.41) is 0.740. The van der Waals surface area contributed by atoms with Gasteiger partial charge in [-0.1, -0.05) is 41.9 Å². The van der Waals surface area contributed by atoms with Crippen LogP contribution in [0.3, 0.4) is 0 Å². The fourth-order valence-corrected chi connectivity index (χ4v) is 2.81. The van der Waals surface area contributed by atoms with E-state index < -0.39 is 0 Å². The molecule has 1 fully saturated rings. The Bertz CT molecular complexity index is 551. The maximum absolute atomic E-state index is 6.21. The van der Waals surface area contributed by atoms with Crippen molar-refractivity contribution in [2.24, 2.45) is 0 Å². The Morgan fingerprint density at radius 2 is 1.70 bits per heavy atom. The van der Waals surface area contributed by atoms with Crippen molar-refractivity contribution in [2.45, 2.75) is 6.54 Å². The van der Waals surface area contributed by atoms with Crippen molar-refractivity contribution in [1.29, 1.82) is 0 Å². The number of halogens is 1. The lowest BCUT2D eigenvalue weighted by molar-refractivity contribution is 0.249. The van der Waals surface area contributed by atoms with Gasteiger partial charge in [-0.25, -0.2) is 4.98 Å². The number of aromatic nitrogens is 1. The normalized spacial score (nSPS) is 16.4. The Kier molecular flexibility index (Phi) is 4.19. The topological polar surface area (TPSA) is 19.4 Å². The van der Waals surface area contributed by atoms with Crippen LogP contribution >= 0.6 is 11.6 Å². The second-order valence-electron chi connectivity index (χ2n) is 5.06. The number of hydrogen-bond acceptors (Lipinski definition) is 3. The van der Waals surface area contributed by atoms with Gasteiger partial charge in [0.1, 0.15) is 5.82 Å². The number of anilines is 1. The highest BCUT2D eigenvalue weighted by Gasteiger charge is 2.19. The molecular formula is C16H18ClN3. The van der Waals surface area contributed by atoms with Crippen LogP contribution < -0.4 is 4.90 Å². The molecule has 0 amide bonds. The molecule has 0 N–H and O–H groups in total. The molecule has 20 heavy (non-hydrogen) atoms. The Morgan fingerprint density at radius 1 is 0.950 bits per heavy atom. The van der Waals surface area contributed by atoms with Crippen LogP contribution in [0.15, 0.2) is 48.7 Å².